The van der Waals surface area contributed by atoms with Gasteiger partial charge in [0.1, 0.15) is 22.5 Å². The molecule has 0 unspecified atom stereocenters. The first-order valence-electron chi connectivity index (χ1n) is 10.6. The van der Waals surface area contributed by atoms with Crippen LogP contribution in [-0.4, -0.2) is 39.5 Å². The monoisotopic (exact) mass is 477 g/mol. The molecule has 0 saturated carbocycles. The Kier molecular flexibility index (Phi) is 6.70. The number of carbonyl (C=O) groups excluding carboxylic acids is 1. The normalized spacial score (nSPS) is 13.3. The fourth-order valence-corrected chi connectivity index (χ4v) is 5.01. The summed E-state index contributed by atoms with van der Waals surface area (Å²) in [4.78, 5) is 14.2. The molecule has 34 heavy (non-hydrogen) atoms. The van der Waals surface area contributed by atoms with Crippen LogP contribution in [-0.2, 0) is 27.8 Å². The third-order valence-corrected chi connectivity index (χ3v) is 6.96. The number of nitrogens with zero attached hydrogens (tertiary/aromatic N) is 2. The number of methoxy groups -OCH3 is 1. The molecular weight excluding hydrogens is 454 g/mol. The Labute approximate surface area is 198 Å². The van der Waals surface area contributed by atoms with Crippen LogP contribution in [0.3, 0.4) is 0 Å². The molecule has 0 radical (unpaired) electrons. The lowest BCUT2D eigenvalue weighted by atomic mass is 10.1. The Morgan fingerprint density at radius 2 is 1.88 bits per heavy atom. The summed E-state index contributed by atoms with van der Waals surface area (Å²) >= 11 is 0. The summed E-state index contributed by atoms with van der Waals surface area (Å²) in [5.41, 5.74) is 2.04. The van der Waals surface area contributed by atoms with Crippen LogP contribution >= 0.6 is 0 Å². The quantitative estimate of drug-likeness (QED) is 0.559. The van der Waals surface area contributed by atoms with Gasteiger partial charge in [-0.3, -0.25) is 9.52 Å². The lowest BCUT2D eigenvalue weighted by Gasteiger charge is -2.21. The smallest absolute Gasteiger partial charge is 0.263 e. The van der Waals surface area contributed by atoms with E-state index in [1.54, 1.807) is 42.3 Å². The Bertz CT molecular complexity index is 1360. The fraction of sp³-hybridized carbons (Fsp3) is 0.200. The van der Waals surface area contributed by atoms with Gasteiger partial charge in [0.15, 0.2) is 6.61 Å². The predicted molar refractivity (Wildman–Crippen MR) is 126 cm³/mol. The van der Waals surface area contributed by atoms with Gasteiger partial charge in [0.05, 0.1) is 12.7 Å². The number of hydrogen-bond donors (Lipinski definition) is 1. The molecule has 0 bridgehead atoms. The van der Waals surface area contributed by atoms with Crippen molar-refractivity contribution in [2.75, 3.05) is 25.0 Å². The number of nitrogens with one attached hydrogen (secondary N) is 1. The molecule has 8 nitrogen and oxygen atoms in total. The number of hydrogen-bond acceptors (Lipinski definition) is 6. The molecule has 0 atom stereocenters. The molecule has 4 rings (SSSR count). The standard InChI is InChI=1S/C25H23N3O5S/c1-32-22-8-4-2-6-18(22)12-13-28-16-20-14-21(10-11-23(20)33-17-25(28)29)27-34(30,31)24-9-5-3-7-19(24)15-26/h2-11,14,27H,12-13,16-17H2,1H3. The van der Waals surface area contributed by atoms with E-state index in [9.17, 15) is 18.5 Å². The zero-order valence-corrected chi connectivity index (χ0v) is 19.3. The van der Waals surface area contributed by atoms with Crippen molar-refractivity contribution in [1.82, 2.24) is 4.90 Å². The third kappa shape index (κ3) is 4.97. The van der Waals surface area contributed by atoms with Gasteiger partial charge in [-0.2, -0.15) is 5.26 Å². The van der Waals surface area contributed by atoms with Gasteiger partial charge in [-0.1, -0.05) is 30.3 Å². The highest BCUT2D eigenvalue weighted by Gasteiger charge is 2.24. The van der Waals surface area contributed by atoms with Gasteiger partial charge in [-0.05, 0) is 48.4 Å². The first-order valence-corrected chi connectivity index (χ1v) is 12.1. The maximum absolute atomic E-state index is 12.9. The summed E-state index contributed by atoms with van der Waals surface area (Å²) in [5.74, 6) is 1.13. The largest absolute Gasteiger partial charge is 0.496 e. The molecule has 3 aromatic rings. The molecule has 0 fully saturated rings. The molecule has 1 aliphatic heterocycles. The molecule has 1 aliphatic rings. The lowest BCUT2D eigenvalue weighted by molar-refractivity contribution is -0.133. The van der Waals surface area contributed by atoms with Gasteiger partial charge < -0.3 is 14.4 Å². The van der Waals surface area contributed by atoms with Crippen LogP contribution in [0.25, 0.3) is 0 Å². The van der Waals surface area contributed by atoms with Gasteiger partial charge in [-0.25, -0.2) is 8.42 Å². The number of nitriles is 1. The minimum absolute atomic E-state index is 0.0567. The van der Waals surface area contributed by atoms with Gasteiger partial charge in [0.2, 0.25) is 0 Å². The Hall–Kier alpha value is -4.03. The second-order valence-corrected chi connectivity index (χ2v) is 9.35. The Morgan fingerprint density at radius 1 is 1.12 bits per heavy atom. The molecule has 9 heteroatoms. The van der Waals surface area contributed by atoms with Crippen LogP contribution in [0, 0.1) is 11.3 Å². The number of sulfonamides is 1. The highest BCUT2D eigenvalue weighted by Crippen LogP contribution is 2.29. The zero-order chi connectivity index (χ0) is 24.1. The van der Waals surface area contributed by atoms with Crippen LogP contribution < -0.4 is 14.2 Å². The fourth-order valence-electron chi connectivity index (χ4n) is 3.80. The molecule has 0 aromatic heterocycles. The molecule has 0 saturated heterocycles. The van der Waals surface area contributed by atoms with Crippen molar-refractivity contribution in [3.63, 3.8) is 0 Å². The molecular formula is C25H23N3O5S. The number of anilines is 1. The van der Waals surface area contributed by atoms with Crippen LogP contribution in [0.1, 0.15) is 16.7 Å². The Morgan fingerprint density at radius 3 is 2.68 bits per heavy atom. The average Bonchev–Trinajstić information content (AvgIpc) is 3.00. The van der Waals surface area contributed by atoms with E-state index < -0.39 is 10.0 Å². The topological polar surface area (TPSA) is 109 Å². The first-order chi connectivity index (χ1) is 16.4. The number of fused-ring (bicyclic) bond motifs is 1. The SMILES string of the molecule is COc1ccccc1CCN1Cc2cc(NS(=O)(=O)c3ccccc3C#N)ccc2OCC1=O. The van der Waals surface area contributed by atoms with E-state index in [0.29, 0.717) is 30.0 Å². The van der Waals surface area contributed by atoms with E-state index in [0.717, 1.165) is 11.3 Å². The molecule has 0 aliphatic carbocycles. The summed E-state index contributed by atoms with van der Waals surface area (Å²) < 4.78 is 39.3. The van der Waals surface area contributed by atoms with E-state index in [2.05, 4.69) is 4.72 Å². The second-order valence-electron chi connectivity index (χ2n) is 7.70. The van der Waals surface area contributed by atoms with E-state index in [1.807, 2.05) is 30.3 Å². The predicted octanol–water partition coefficient (Wildman–Crippen LogP) is 3.33. The number of amides is 1. The van der Waals surface area contributed by atoms with Gasteiger partial charge >= 0.3 is 0 Å². The van der Waals surface area contributed by atoms with Crippen molar-refractivity contribution in [2.45, 2.75) is 17.9 Å². The zero-order valence-electron chi connectivity index (χ0n) is 18.5. The lowest BCUT2D eigenvalue weighted by Crippen LogP contribution is -2.34. The number of carbonyl (C=O) groups is 1. The molecule has 1 amide bonds. The Balaban J connectivity index is 1.54. The number of rotatable bonds is 7. The van der Waals surface area contributed by atoms with E-state index in [-0.39, 0.29) is 29.5 Å². The van der Waals surface area contributed by atoms with E-state index in [1.165, 1.54) is 12.1 Å². The minimum Gasteiger partial charge on any atom is -0.496 e. The minimum atomic E-state index is -3.98. The molecule has 1 heterocycles. The van der Waals surface area contributed by atoms with Crippen molar-refractivity contribution in [3.05, 3.63) is 83.4 Å². The van der Waals surface area contributed by atoms with Crippen LogP contribution in [0.2, 0.25) is 0 Å². The number of ether oxygens (including phenoxy) is 2. The van der Waals surface area contributed by atoms with Crippen LogP contribution in [0.15, 0.2) is 71.6 Å². The molecule has 3 aromatic carbocycles. The average molecular weight is 478 g/mol. The summed E-state index contributed by atoms with van der Waals surface area (Å²) in [6.45, 7) is 0.626. The van der Waals surface area contributed by atoms with Gasteiger partial charge in [-0.15, -0.1) is 0 Å². The van der Waals surface area contributed by atoms with Crippen molar-refractivity contribution in [3.8, 4) is 17.6 Å². The van der Waals surface area contributed by atoms with Crippen molar-refractivity contribution < 1.29 is 22.7 Å². The highest BCUT2D eigenvalue weighted by molar-refractivity contribution is 7.92. The van der Waals surface area contributed by atoms with Crippen LogP contribution in [0.5, 0.6) is 11.5 Å². The summed E-state index contributed by atoms with van der Waals surface area (Å²) in [7, 11) is -2.37. The van der Waals surface area contributed by atoms with Crippen LogP contribution in [0.4, 0.5) is 5.69 Å². The van der Waals surface area contributed by atoms with Crippen molar-refractivity contribution >= 4 is 21.6 Å². The maximum atomic E-state index is 12.9. The molecule has 174 valence electrons. The van der Waals surface area contributed by atoms with E-state index >= 15 is 0 Å². The van der Waals surface area contributed by atoms with Gasteiger partial charge in [0, 0.05) is 24.3 Å². The first kappa shape index (κ1) is 23.1. The van der Waals surface area contributed by atoms with Crippen molar-refractivity contribution in [2.24, 2.45) is 0 Å². The summed E-state index contributed by atoms with van der Waals surface area (Å²) in [5, 5.41) is 9.25. The number of benzene rings is 3. The molecule has 1 N–H and O–H groups in total. The van der Waals surface area contributed by atoms with Gasteiger partial charge in [0.25, 0.3) is 15.9 Å². The molecule has 0 spiro atoms. The van der Waals surface area contributed by atoms with Crippen molar-refractivity contribution in [1.29, 1.82) is 5.26 Å². The number of para-hydroxylation sites is 1. The maximum Gasteiger partial charge on any atom is 0.263 e. The second kappa shape index (κ2) is 9.85. The third-order valence-electron chi connectivity index (χ3n) is 5.52. The highest BCUT2D eigenvalue weighted by atomic mass is 32.2. The van der Waals surface area contributed by atoms with E-state index in [4.69, 9.17) is 9.47 Å². The summed E-state index contributed by atoms with van der Waals surface area (Å²) in [6.07, 6.45) is 0.600. The summed E-state index contributed by atoms with van der Waals surface area (Å²) in [6, 6.07) is 20.4.